The van der Waals surface area contributed by atoms with Gasteiger partial charge < -0.3 is 10.8 Å². The second kappa shape index (κ2) is 3.41. The summed E-state index contributed by atoms with van der Waals surface area (Å²) in [5, 5.41) is 15.0. The van der Waals surface area contributed by atoms with E-state index in [0.717, 1.165) is 5.56 Å². The van der Waals surface area contributed by atoms with Crippen LogP contribution in [0.4, 0.5) is 5.95 Å². The van der Waals surface area contributed by atoms with Crippen LogP contribution in [0.1, 0.15) is 10.4 Å². The Hall–Kier alpha value is -2.37. The molecule has 0 fully saturated rings. The van der Waals surface area contributed by atoms with Gasteiger partial charge in [0.25, 0.3) is 0 Å². The molecule has 2 rings (SSSR count). The summed E-state index contributed by atoms with van der Waals surface area (Å²) >= 11 is 0. The number of nitrogens with zero attached hydrogens (tertiary/aromatic N) is 2. The minimum Gasteiger partial charge on any atom is -0.478 e. The number of hydrogen-bond acceptors (Lipinski definition) is 4. The molecule has 1 heterocycles. The number of H-pyrrole nitrogens is 1. The van der Waals surface area contributed by atoms with E-state index in [0.29, 0.717) is 5.82 Å². The number of nitrogen functional groups attached to an aromatic ring is 1. The number of nitrogens with two attached hydrogens (primary N) is 1. The van der Waals surface area contributed by atoms with Crippen LogP contribution >= 0.6 is 0 Å². The van der Waals surface area contributed by atoms with Crippen LogP contribution < -0.4 is 5.73 Å². The van der Waals surface area contributed by atoms with Crippen molar-refractivity contribution in [3.05, 3.63) is 29.8 Å². The van der Waals surface area contributed by atoms with Gasteiger partial charge in [0.15, 0.2) is 5.82 Å². The Labute approximate surface area is 84.8 Å². The van der Waals surface area contributed by atoms with Gasteiger partial charge in [0.1, 0.15) is 0 Å². The van der Waals surface area contributed by atoms with Crippen LogP contribution in [0.25, 0.3) is 11.4 Å². The van der Waals surface area contributed by atoms with Crippen LogP contribution in [0.3, 0.4) is 0 Å². The molecule has 0 amide bonds. The fourth-order valence-electron chi connectivity index (χ4n) is 1.17. The van der Waals surface area contributed by atoms with Gasteiger partial charge in [0.05, 0.1) is 5.56 Å². The molecule has 0 saturated heterocycles. The summed E-state index contributed by atoms with van der Waals surface area (Å²) in [6.45, 7) is 0. The molecule has 6 heteroatoms. The third kappa shape index (κ3) is 1.78. The number of anilines is 1. The number of nitrogens with one attached hydrogen (secondary N) is 1. The Morgan fingerprint density at radius 1 is 1.33 bits per heavy atom. The molecule has 0 unspecified atom stereocenters. The molecule has 1 aromatic carbocycles. The van der Waals surface area contributed by atoms with Gasteiger partial charge in [-0.25, -0.2) is 4.79 Å². The average Bonchev–Trinajstić information content (AvgIpc) is 2.65. The van der Waals surface area contributed by atoms with Crippen LogP contribution in [-0.4, -0.2) is 26.3 Å². The van der Waals surface area contributed by atoms with Gasteiger partial charge in [-0.3, -0.25) is 5.10 Å². The lowest BCUT2D eigenvalue weighted by Crippen LogP contribution is -1.95. The predicted molar refractivity (Wildman–Crippen MR) is 53.2 cm³/mol. The lowest BCUT2D eigenvalue weighted by molar-refractivity contribution is 0.0697. The van der Waals surface area contributed by atoms with E-state index in [1.807, 2.05) is 0 Å². The topological polar surface area (TPSA) is 105 Å². The highest BCUT2D eigenvalue weighted by atomic mass is 16.4. The molecule has 0 radical (unpaired) electrons. The zero-order chi connectivity index (χ0) is 10.8. The predicted octanol–water partition coefficient (Wildman–Crippen LogP) is 0.752. The van der Waals surface area contributed by atoms with E-state index in [-0.39, 0.29) is 11.5 Å². The van der Waals surface area contributed by atoms with Crippen LogP contribution in [0.15, 0.2) is 24.3 Å². The summed E-state index contributed by atoms with van der Waals surface area (Å²) in [5.41, 5.74) is 6.31. The number of hydrogen-bond donors (Lipinski definition) is 3. The van der Waals surface area contributed by atoms with Crippen molar-refractivity contribution in [2.24, 2.45) is 0 Å². The zero-order valence-corrected chi connectivity index (χ0v) is 7.64. The SMILES string of the molecule is Nc1n[nH]c(-c2ccc(C(=O)O)cc2)n1. The fraction of sp³-hybridized carbons (Fsp3) is 0. The number of aromatic carboxylic acids is 1. The molecular weight excluding hydrogens is 196 g/mol. The molecule has 76 valence electrons. The van der Waals surface area contributed by atoms with E-state index < -0.39 is 5.97 Å². The average molecular weight is 204 g/mol. The maximum Gasteiger partial charge on any atom is 0.335 e. The van der Waals surface area contributed by atoms with Gasteiger partial charge in [-0.2, -0.15) is 4.98 Å². The standard InChI is InChI=1S/C9H8N4O2/c10-9-11-7(12-13-9)5-1-3-6(4-2-5)8(14)15/h1-4H,(H,14,15)(H3,10,11,12,13). The molecule has 15 heavy (non-hydrogen) atoms. The van der Waals surface area contributed by atoms with Crippen LogP contribution in [0, 0.1) is 0 Å². The lowest BCUT2D eigenvalue weighted by atomic mass is 10.1. The summed E-state index contributed by atoms with van der Waals surface area (Å²) in [7, 11) is 0. The van der Waals surface area contributed by atoms with Gasteiger partial charge in [-0.1, -0.05) is 12.1 Å². The smallest absolute Gasteiger partial charge is 0.335 e. The molecule has 1 aromatic heterocycles. The molecule has 0 bridgehead atoms. The summed E-state index contributed by atoms with van der Waals surface area (Å²) in [4.78, 5) is 14.5. The molecular formula is C9H8N4O2. The maximum atomic E-state index is 10.6. The first-order valence-corrected chi connectivity index (χ1v) is 4.18. The first-order valence-electron chi connectivity index (χ1n) is 4.18. The molecule has 0 aliphatic heterocycles. The van der Waals surface area contributed by atoms with E-state index in [1.54, 1.807) is 12.1 Å². The quantitative estimate of drug-likeness (QED) is 0.669. The summed E-state index contributed by atoms with van der Waals surface area (Å²) in [5.74, 6) is -0.282. The fourth-order valence-corrected chi connectivity index (χ4v) is 1.17. The number of benzene rings is 1. The largest absolute Gasteiger partial charge is 0.478 e. The Kier molecular flexibility index (Phi) is 2.09. The van der Waals surface area contributed by atoms with Crippen LogP contribution in [-0.2, 0) is 0 Å². The van der Waals surface area contributed by atoms with Crippen molar-refractivity contribution in [1.82, 2.24) is 15.2 Å². The van der Waals surface area contributed by atoms with Crippen molar-refractivity contribution in [3.63, 3.8) is 0 Å². The second-order valence-corrected chi connectivity index (χ2v) is 2.92. The van der Waals surface area contributed by atoms with Crippen molar-refractivity contribution in [3.8, 4) is 11.4 Å². The highest BCUT2D eigenvalue weighted by molar-refractivity contribution is 5.88. The first-order chi connectivity index (χ1) is 7.16. The third-order valence-electron chi connectivity index (χ3n) is 1.91. The molecule has 0 saturated carbocycles. The van der Waals surface area contributed by atoms with E-state index in [2.05, 4.69) is 15.2 Å². The molecule has 4 N–H and O–H groups in total. The Bertz CT molecular complexity index is 489. The number of carbonyl (C=O) groups is 1. The minimum atomic E-state index is -0.960. The highest BCUT2D eigenvalue weighted by Gasteiger charge is 2.05. The highest BCUT2D eigenvalue weighted by Crippen LogP contribution is 2.15. The monoisotopic (exact) mass is 204 g/mol. The lowest BCUT2D eigenvalue weighted by Gasteiger charge is -1.96. The number of carboxylic acids is 1. The van der Waals surface area contributed by atoms with E-state index >= 15 is 0 Å². The molecule has 0 spiro atoms. The van der Waals surface area contributed by atoms with Crippen molar-refractivity contribution < 1.29 is 9.90 Å². The minimum absolute atomic E-state index is 0.160. The van der Waals surface area contributed by atoms with Crippen LogP contribution in [0.2, 0.25) is 0 Å². The maximum absolute atomic E-state index is 10.6. The normalized spacial score (nSPS) is 10.1. The molecule has 0 atom stereocenters. The van der Waals surface area contributed by atoms with Crippen molar-refractivity contribution in [2.45, 2.75) is 0 Å². The third-order valence-corrected chi connectivity index (χ3v) is 1.91. The van der Waals surface area contributed by atoms with Gasteiger partial charge in [-0.05, 0) is 12.1 Å². The van der Waals surface area contributed by atoms with E-state index in [9.17, 15) is 4.79 Å². The van der Waals surface area contributed by atoms with E-state index in [1.165, 1.54) is 12.1 Å². The summed E-state index contributed by atoms with van der Waals surface area (Å²) in [6, 6.07) is 6.28. The number of aromatic amines is 1. The summed E-state index contributed by atoms with van der Waals surface area (Å²) < 4.78 is 0. The molecule has 0 aliphatic rings. The van der Waals surface area contributed by atoms with Gasteiger partial charge >= 0.3 is 5.97 Å². The van der Waals surface area contributed by atoms with Crippen molar-refractivity contribution >= 4 is 11.9 Å². The number of carboxylic acid groups (broad SMARTS) is 1. The Morgan fingerprint density at radius 2 is 2.00 bits per heavy atom. The first kappa shape index (κ1) is 9.20. The number of rotatable bonds is 2. The Morgan fingerprint density at radius 3 is 2.47 bits per heavy atom. The van der Waals surface area contributed by atoms with E-state index in [4.69, 9.17) is 10.8 Å². The Balaban J connectivity index is 2.35. The summed E-state index contributed by atoms with van der Waals surface area (Å²) in [6.07, 6.45) is 0. The van der Waals surface area contributed by atoms with Gasteiger partial charge in [0, 0.05) is 5.56 Å². The van der Waals surface area contributed by atoms with Crippen molar-refractivity contribution in [1.29, 1.82) is 0 Å². The van der Waals surface area contributed by atoms with Gasteiger partial charge in [0.2, 0.25) is 5.95 Å². The molecule has 6 nitrogen and oxygen atoms in total. The number of aromatic nitrogens is 3. The van der Waals surface area contributed by atoms with Gasteiger partial charge in [-0.15, -0.1) is 5.10 Å². The van der Waals surface area contributed by atoms with Crippen molar-refractivity contribution in [2.75, 3.05) is 5.73 Å². The van der Waals surface area contributed by atoms with Crippen LogP contribution in [0.5, 0.6) is 0 Å². The molecule has 0 aliphatic carbocycles. The second-order valence-electron chi connectivity index (χ2n) is 2.92. The zero-order valence-electron chi connectivity index (χ0n) is 7.64. The molecule has 2 aromatic rings.